The van der Waals surface area contributed by atoms with Crippen molar-refractivity contribution in [3.63, 3.8) is 0 Å². The molecular weight excluding hydrogens is 232 g/mol. The molecule has 0 radical (unpaired) electrons. The van der Waals surface area contributed by atoms with E-state index in [0.717, 1.165) is 17.9 Å². The summed E-state index contributed by atoms with van der Waals surface area (Å²) in [5.41, 5.74) is 1.19. The van der Waals surface area contributed by atoms with Gasteiger partial charge in [0.1, 0.15) is 6.10 Å². The number of benzene rings is 1. The average Bonchev–Trinajstić information content (AvgIpc) is 2.71. The van der Waals surface area contributed by atoms with Gasteiger partial charge in [-0.05, 0) is 30.6 Å². The van der Waals surface area contributed by atoms with Gasteiger partial charge in [-0.25, -0.2) is 0 Å². The zero-order valence-electron chi connectivity index (χ0n) is 10.1. The van der Waals surface area contributed by atoms with E-state index >= 15 is 0 Å². The second kappa shape index (κ2) is 6.12. The van der Waals surface area contributed by atoms with Gasteiger partial charge in [0.2, 0.25) is 0 Å². The molecule has 3 heteroatoms. The molecule has 1 aromatic rings. The molecular formula is C14H18O2S. The molecule has 2 nitrogen and oxygen atoms in total. The van der Waals surface area contributed by atoms with Crippen LogP contribution >= 0.6 is 12.2 Å². The summed E-state index contributed by atoms with van der Waals surface area (Å²) in [5.74, 6) is 0.440. The Morgan fingerprint density at radius 3 is 2.76 bits per heavy atom. The molecule has 0 aliphatic carbocycles. The van der Waals surface area contributed by atoms with Gasteiger partial charge in [0.25, 0.3) is 0 Å². The Balaban J connectivity index is 1.72. The van der Waals surface area contributed by atoms with E-state index in [1.807, 2.05) is 18.2 Å². The molecule has 2 unspecified atom stereocenters. The molecule has 2 rings (SSSR count). The quantitative estimate of drug-likeness (QED) is 0.747. The third-order valence-corrected chi connectivity index (χ3v) is 3.50. The molecule has 0 saturated carbocycles. The van der Waals surface area contributed by atoms with Crippen LogP contribution in [-0.4, -0.2) is 17.8 Å². The number of rotatable bonds is 5. The van der Waals surface area contributed by atoms with Gasteiger partial charge in [-0.3, -0.25) is 0 Å². The minimum absolute atomic E-state index is 0.149. The van der Waals surface area contributed by atoms with Gasteiger partial charge in [0.15, 0.2) is 5.05 Å². The maximum atomic E-state index is 5.66. The van der Waals surface area contributed by atoms with E-state index in [1.54, 1.807) is 0 Å². The minimum Gasteiger partial charge on any atom is -0.481 e. The molecule has 0 N–H and O–H groups in total. The summed E-state index contributed by atoms with van der Waals surface area (Å²) >= 11 is 5.18. The van der Waals surface area contributed by atoms with E-state index in [4.69, 9.17) is 21.7 Å². The summed E-state index contributed by atoms with van der Waals surface area (Å²) in [7, 11) is 0. The summed E-state index contributed by atoms with van der Waals surface area (Å²) in [6, 6.07) is 10.2. The highest BCUT2D eigenvalue weighted by atomic mass is 32.1. The maximum absolute atomic E-state index is 5.66. The number of hydrogen-bond donors (Lipinski definition) is 0. The standard InChI is InChI=1S/C14H18O2S/c1-2-12-8-13(16-14(12)17)10-15-9-11-6-4-3-5-7-11/h3-7,12-13H,2,8-10H2,1H3. The first-order valence-corrected chi connectivity index (χ1v) is 6.52. The van der Waals surface area contributed by atoms with E-state index in [2.05, 4.69) is 19.1 Å². The zero-order chi connectivity index (χ0) is 12.1. The molecule has 0 aromatic heterocycles. The largest absolute Gasteiger partial charge is 0.481 e. The molecule has 92 valence electrons. The lowest BCUT2D eigenvalue weighted by atomic mass is 10.0. The predicted molar refractivity (Wildman–Crippen MR) is 72.0 cm³/mol. The topological polar surface area (TPSA) is 18.5 Å². The minimum atomic E-state index is 0.149. The fraction of sp³-hybridized carbons (Fsp3) is 0.500. The highest BCUT2D eigenvalue weighted by Crippen LogP contribution is 2.25. The van der Waals surface area contributed by atoms with Crippen LogP contribution in [0.1, 0.15) is 25.3 Å². The number of hydrogen-bond acceptors (Lipinski definition) is 3. The highest BCUT2D eigenvalue weighted by Gasteiger charge is 2.29. The Bertz CT molecular complexity index is 364. The molecule has 1 aliphatic heterocycles. The van der Waals surface area contributed by atoms with Crippen molar-refractivity contribution in [3.05, 3.63) is 35.9 Å². The van der Waals surface area contributed by atoms with Crippen LogP contribution < -0.4 is 0 Å². The van der Waals surface area contributed by atoms with E-state index in [-0.39, 0.29) is 6.10 Å². The summed E-state index contributed by atoms with van der Waals surface area (Å²) in [6.45, 7) is 3.42. The van der Waals surface area contributed by atoms with Crippen molar-refractivity contribution >= 4 is 17.3 Å². The molecule has 0 amide bonds. The first-order valence-electron chi connectivity index (χ1n) is 6.11. The van der Waals surface area contributed by atoms with Crippen LogP contribution in [0.4, 0.5) is 0 Å². The summed E-state index contributed by atoms with van der Waals surface area (Å²) in [5, 5.41) is 0.765. The molecule has 1 fully saturated rings. The lowest BCUT2D eigenvalue weighted by molar-refractivity contribution is 0.0459. The van der Waals surface area contributed by atoms with E-state index in [1.165, 1.54) is 5.56 Å². The Hall–Kier alpha value is -0.930. The second-order valence-corrected chi connectivity index (χ2v) is 4.80. The summed E-state index contributed by atoms with van der Waals surface area (Å²) in [6.07, 6.45) is 2.22. The van der Waals surface area contributed by atoms with Crippen LogP contribution in [-0.2, 0) is 16.1 Å². The van der Waals surface area contributed by atoms with Crippen molar-refractivity contribution < 1.29 is 9.47 Å². The third kappa shape index (κ3) is 3.51. The summed E-state index contributed by atoms with van der Waals surface area (Å²) < 4.78 is 11.3. The fourth-order valence-electron chi connectivity index (χ4n) is 2.04. The molecule has 2 atom stereocenters. The van der Waals surface area contributed by atoms with Gasteiger partial charge in [0, 0.05) is 5.92 Å². The van der Waals surface area contributed by atoms with Crippen molar-refractivity contribution in [3.8, 4) is 0 Å². The van der Waals surface area contributed by atoms with Crippen LogP contribution in [0, 0.1) is 5.92 Å². The molecule has 1 saturated heterocycles. The highest BCUT2D eigenvalue weighted by molar-refractivity contribution is 7.80. The van der Waals surface area contributed by atoms with Crippen molar-refractivity contribution in [2.75, 3.05) is 6.61 Å². The number of thiocarbonyl (C=S) groups is 1. The molecule has 1 heterocycles. The normalized spacial score (nSPS) is 23.7. The van der Waals surface area contributed by atoms with Crippen LogP contribution in [0.5, 0.6) is 0 Å². The fourth-order valence-corrected chi connectivity index (χ4v) is 2.44. The van der Waals surface area contributed by atoms with Crippen LogP contribution in [0.25, 0.3) is 0 Å². The van der Waals surface area contributed by atoms with Gasteiger partial charge >= 0.3 is 0 Å². The third-order valence-electron chi connectivity index (χ3n) is 3.07. The Kier molecular flexibility index (Phi) is 4.51. The summed E-state index contributed by atoms with van der Waals surface area (Å²) in [4.78, 5) is 0. The Morgan fingerprint density at radius 1 is 1.35 bits per heavy atom. The Labute approximate surface area is 108 Å². The van der Waals surface area contributed by atoms with E-state index < -0.39 is 0 Å². The van der Waals surface area contributed by atoms with E-state index in [0.29, 0.717) is 19.1 Å². The molecule has 1 aliphatic rings. The SMILES string of the molecule is CCC1CC(COCc2ccccc2)OC1=S. The second-order valence-electron chi connectivity index (χ2n) is 4.40. The lowest BCUT2D eigenvalue weighted by Gasteiger charge is -2.10. The van der Waals surface area contributed by atoms with Gasteiger partial charge in [-0.1, -0.05) is 37.3 Å². The smallest absolute Gasteiger partial charge is 0.163 e. The first-order chi connectivity index (χ1) is 8.29. The van der Waals surface area contributed by atoms with Crippen LogP contribution in [0.2, 0.25) is 0 Å². The molecule has 1 aromatic carbocycles. The van der Waals surface area contributed by atoms with Gasteiger partial charge < -0.3 is 9.47 Å². The van der Waals surface area contributed by atoms with Crippen LogP contribution in [0.15, 0.2) is 30.3 Å². The van der Waals surface area contributed by atoms with Crippen molar-refractivity contribution in [2.45, 2.75) is 32.5 Å². The van der Waals surface area contributed by atoms with Crippen molar-refractivity contribution in [1.82, 2.24) is 0 Å². The molecule has 0 spiro atoms. The van der Waals surface area contributed by atoms with Crippen molar-refractivity contribution in [2.24, 2.45) is 5.92 Å². The molecule has 17 heavy (non-hydrogen) atoms. The molecule has 0 bridgehead atoms. The van der Waals surface area contributed by atoms with Crippen molar-refractivity contribution in [1.29, 1.82) is 0 Å². The number of ether oxygens (including phenoxy) is 2. The van der Waals surface area contributed by atoms with Gasteiger partial charge in [-0.2, -0.15) is 0 Å². The van der Waals surface area contributed by atoms with Gasteiger partial charge in [0.05, 0.1) is 13.2 Å². The monoisotopic (exact) mass is 250 g/mol. The van der Waals surface area contributed by atoms with Gasteiger partial charge in [-0.15, -0.1) is 0 Å². The van der Waals surface area contributed by atoms with E-state index in [9.17, 15) is 0 Å². The zero-order valence-corrected chi connectivity index (χ0v) is 10.9. The predicted octanol–water partition coefficient (Wildman–Crippen LogP) is 3.35. The first kappa shape index (κ1) is 12.5. The average molecular weight is 250 g/mol. The van der Waals surface area contributed by atoms with Crippen LogP contribution in [0.3, 0.4) is 0 Å². The Morgan fingerprint density at radius 2 is 2.12 bits per heavy atom. The lowest BCUT2D eigenvalue weighted by Crippen LogP contribution is -2.14. The maximum Gasteiger partial charge on any atom is 0.163 e.